The van der Waals surface area contributed by atoms with Gasteiger partial charge >= 0.3 is 0 Å². The minimum Gasteiger partial charge on any atom is -0.504 e. The first-order valence-corrected chi connectivity index (χ1v) is 3.93. The van der Waals surface area contributed by atoms with E-state index >= 15 is 0 Å². The molecule has 0 amide bonds. The molecule has 0 unspecified atom stereocenters. The lowest BCUT2D eigenvalue weighted by molar-refractivity contribution is 0.341. The van der Waals surface area contributed by atoms with Crippen molar-refractivity contribution in [1.82, 2.24) is 4.98 Å². The minimum absolute atomic E-state index is 1.01. The summed E-state index contributed by atoms with van der Waals surface area (Å²) in [5, 5.41) is 0. The molecule has 0 aliphatic carbocycles. The van der Waals surface area contributed by atoms with Crippen molar-refractivity contribution in [2.45, 2.75) is 0 Å². The SMILES string of the molecule is COC=Cc1cnccc1Br. The van der Waals surface area contributed by atoms with Gasteiger partial charge in [0.05, 0.1) is 13.4 Å². The zero-order valence-electron chi connectivity index (χ0n) is 6.12. The van der Waals surface area contributed by atoms with Crippen LogP contribution in [-0.4, -0.2) is 12.1 Å². The number of hydrogen-bond acceptors (Lipinski definition) is 2. The first-order valence-electron chi connectivity index (χ1n) is 3.13. The van der Waals surface area contributed by atoms with Crippen molar-refractivity contribution in [3.8, 4) is 0 Å². The van der Waals surface area contributed by atoms with Crippen LogP contribution in [0.4, 0.5) is 0 Å². The van der Waals surface area contributed by atoms with Crippen molar-refractivity contribution in [2.75, 3.05) is 7.11 Å². The lowest BCUT2D eigenvalue weighted by atomic mass is 10.3. The van der Waals surface area contributed by atoms with E-state index in [2.05, 4.69) is 20.9 Å². The summed E-state index contributed by atoms with van der Waals surface area (Å²) in [4.78, 5) is 3.96. The largest absolute Gasteiger partial charge is 0.504 e. The van der Waals surface area contributed by atoms with E-state index in [4.69, 9.17) is 4.74 Å². The molecule has 0 saturated heterocycles. The molecule has 1 aromatic rings. The zero-order chi connectivity index (χ0) is 8.10. The molecule has 0 fully saturated rings. The third-order valence-corrected chi connectivity index (χ3v) is 1.90. The highest BCUT2D eigenvalue weighted by Gasteiger charge is 1.92. The summed E-state index contributed by atoms with van der Waals surface area (Å²) >= 11 is 3.38. The highest BCUT2D eigenvalue weighted by Crippen LogP contribution is 2.15. The summed E-state index contributed by atoms with van der Waals surface area (Å²) in [5.74, 6) is 0. The predicted molar refractivity (Wildman–Crippen MR) is 48.0 cm³/mol. The number of halogens is 1. The summed E-state index contributed by atoms with van der Waals surface area (Å²) in [7, 11) is 1.61. The van der Waals surface area contributed by atoms with Gasteiger partial charge in [-0.05, 0) is 12.1 Å². The lowest BCUT2D eigenvalue weighted by Gasteiger charge is -1.94. The van der Waals surface area contributed by atoms with Crippen LogP contribution in [0.25, 0.3) is 6.08 Å². The van der Waals surface area contributed by atoms with E-state index in [1.165, 1.54) is 0 Å². The summed E-state index contributed by atoms with van der Waals surface area (Å²) in [6.07, 6.45) is 6.95. The Morgan fingerprint density at radius 2 is 2.45 bits per heavy atom. The number of rotatable bonds is 2. The molecule has 0 bridgehead atoms. The van der Waals surface area contributed by atoms with Gasteiger partial charge in [-0.2, -0.15) is 0 Å². The van der Waals surface area contributed by atoms with E-state index < -0.39 is 0 Å². The van der Waals surface area contributed by atoms with Crippen LogP contribution in [0.1, 0.15) is 5.56 Å². The Morgan fingerprint density at radius 3 is 3.09 bits per heavy atom. The van der Waals surface area contributed by atoms with Crippen LogP contribution >= 0.6 is 15.9 Å². The van der Waals surface area contributed by atoms with Gasteiger partial charge in [0.2, 0.25) is 0 Å². The molecule has 0 radical (unpaired) electrons. The maximum Gasteiger partial charge on any atom is 0.0831 e. The highest BCUT2D eigenvalue weighted by molar-refractivity contribution is 9.10. The topological polar surface area (TPSA) is 22.1 Å². The summed E-state index contributed by atoms with van der Waals surface area (Å²) in [5.41, 5.74) is 1.01. The third kappa shape index (κ3) is 2.35. The minimum atomic E-state index is 1.01. The molecule has 0 atom stereocenters. The number of nitrogens with zero attached hydrogens (tertiary/aromatic N) is 1. The molecule has 1 aromatic heterocycles. The van der Waals surface area contributed by atoms with E-state index in [0.29, 0.717) is 0 Å². The Bertz CT molecular complexity index is 260. The van der Waals surface area contributed by atoms with Crippen LogP contribution in [0.3, 0.4) is 0 Å². The fourth-order valence-electron chi connectivity index (χ4n) is 0.654. The van der Waals surface area contributed by atoms with Gasteiger partial charge in [0, 0.05) is 22.4 Å². The first-order chi connectivity index (χ1) is 5.34. The Morgan fingerprint density at radius 1 is 1.64 bits per heavy atom. The fourth-order valence-corrected chi connectivity index (χ4v) is 1.01. The van der Waals surface area contributed by atoms with Crippen LogP contribution in [-0.2, 0) is 4.74 Å². The van der Waals surface area contributed by atoms with Crippen molar-refractivity contribution in [1.29, 1.82) is 0 Å². The smallest absolute Gasteiger partial charge is 0.0831 e. The molecule has 0 saturated carbocycles. The Hall–Kier alpha value is -0.830. The quantitative estimate of drug-likeness (QED) is 0.705. The molecular formula is C8H8BrNO. The molecule has 0 aliphatic rings. The second-order valence-electron chi connectivity index (χ2n) is 1.94. The molecular weight excluding hydrogens is 206 g/mol. The fraction of sp³-hybridized carbons (Fsp3) is 0.125. The molecule has 3 heteroatoms. The molecule has 0 N–H and O–H groups in total. The van der Waals surface area contributed by atoms with Gasteiger partial charge in [0.25, 0.3) is 0 Å². The van der Waals surface area contributed by atoms with Crippen LogP contribution in [0.5, 0.6) is 0 Å². The third-order valence-electron chi connectivity index (χ3n) is 1.18. The normalized spacial score (nSPS) is 10.4. The standard InChI is InChI=1S/C8H8BrNO/c1-11-5-3-7-6-10-4-2-8(7)9/h2-6H,1H3. The Kier molecular flexibility index (Phi) is 3.11. The van der Waals surface area contributed by atoms with Crippen molar-refractivity contribution < 1.29 is 4.74 Å². The van der Waals surface area contributed by atoms with E-state index in [1.54, 1.807) is 25.8 Å². The molecule has 58 valence electrons. The van der Waals surface area contributed by atoms with Gasteiger partial charge in [0.15, 0.2) is 0 Å². The van der Waals surface area contributed by atoms with Crippen molar-refractivity contribution >= 4 is 22.0 Å². The zero-order valence-corrected chi connectivity index (χ0v) is 7.71. The second kappa shape index (κ2) is 4.13. The molecule has 1 rings (SSSR count). The lowest BCUT2D eigenvalue weighted by Crippen LogP contribution is -1.77. The van der Waals surface area contributed by atoms with Crippen LogP contribution in [0.15, 0.2) is 29.2 Å². The highest BCUT2D eigenvalue weighted by atomic mass is 79.9. The Balaban J connectivity index is 2.86. The van der Waals surface area contributed by atoms with Crippen LogP contribution < -0.4 is 0 Å². The number of aromatic nitrogens is 1. The van der Waals surface area contributed by atoms with Gasteiger partial charge < -0.3 is 4.74 Å². The van der Waals surface area contributed by atoms with E-state index in [1.807, 2.05) is 12.1 Å². The monoisotopic (exact) mass is 213 g/mol. The molecule has 0 spiro atoms. The van der Waals surface area contributed by atoms with Crippen molar-refractivity contribution in [3.05, 3.63) is 34.8 Å². The predicted octanol–water partition coefficient (Wildman–Crippen LogP) is 2.46. The van der Waals surface area contributed by atoms with Crippen molar-refractivity contribution in [2.24, 2.45) is 0 Å². The van der Waals surface area contributed by atoms with Gasteiger partial charge in [-0.3, -0.25) is 4.98 Å². The number of hydrogen-bond donors (Lipinski definition) is 0. The van der Waals surface area contributed by atoms with E-state index in [-0.39, 0.29) is 0 Å². The van der Waals surface area contributed by atoms with Gasteiger partial charge in [0.1, 0.15) is 0 Å². The molecule has 11 heavy (non-hydrogen) atoms. The maximum absolute atomic E-state index is 4.77. The van der Waals surface area contributed by atoms with E-state index in [9.17, 15) is 0 Å². The summed E-state index contributed by atoms with van der Waals surface area (Å²) < 4.78 is 5.79. The number of pyridine rings is 1. The van der Waals surface area contributed by atoms with E-state index in [0.717, 1.165) is 10.0 Å². The molecule has 0 aliphatic heterocycles. The number of methoxy groups -OCH3 is 1. The van der Waals surface area contributed by atoms with Gasteiger partial charge in [-0.1, -0.05) is 15.9 Å². The number of ether oxygens (including phenoxy) is 1. The second-order valence-corrected chi connectivity index (χ2v) is 2.79. The molecule has 1 heterocycles. The first kappa shape index (κ1) is 8.27. The molecule has 0 aromatic carbocycles. The average Bonchev–Trinajstić information content (AvgIpc) is 2.03. The Labute approximate surface area is 74.0 Å². The van der Waals surface area contributed by atoms with Crippen molar-refractivity contribution in [3.63, 3.8) is 0 Å². The maximum atomic E-state index is 4.77. The molecule has 2 nitrogen and oxygen atoms in total. The van der Waals surface area contributed by atoms with Crippen LogP contribution in [0, 0.1) is 0 Å². The van der Waals surface area contributed by atoms with Gasteiger partial charge in [-0.25, -0.2) is 0 Å². The van der Waals surface area contributed by atoms with Gasteiger partial charge in [-0.15, -0.1) is 0 Å². The average molecular weight is 214 g/mol. The van der Waals surface area contributed by atoms with Crippen LogP contribution in [0.2, 0.25) is 0 Å². The summed E-state index contributed by atoms with van der Waals surface area (Å²) in [6.45, 7) is 0. The summed E-state index contributed by atoms with van der Waals surface area (Å²) in [6, 6.07) is 1.88.